The fourth-order valence-electron chi connectivity index (χ4n) is 3.44. The number of carbonyl (C=O) groups excluding carboxylic acids is 1. The zero-order valence-corrected chi connectivity index (χ0v) is 17.6. The molecule has 30 heavy (non-hydrogen) atoms. The van der Waals surface area contributed by atoms with E-state index >= 15 is 0 Å². The number of aromatic nitrogens is 5. The van der Waals surface area contributed by atoms with Gasteiger partial charge in [-0.25, -0.2) is 4.98 Å². The average molecular weight is 439 g/mol. The second-order valence-corrected chi connectivity index (χ2v) is 8.66. The van der Waals surface area contributed by atoms with Gasteiger partial charge >= 0.3 is 0 Å². The molecular weight excluding hydrogens is 420 g/mol. The summed E-state index contributed by atoms with van der Waals surface area (Å²) < 4.78 is 1.81. The van der Waals surface area contributed by atoms with E-state index in [0.29, 0.717) is 16.1 Å². The topological polar surface area (TPSA) is 88.5 Å². The lowest BCUT2D eigenvalue weighted by Crippen LogP contribution is -2.14. The molecule has 0 radical (unpaired) electrons. The number of fused-ring (bicyclic) bond motifs is 1. The van der Waals surface area contributed by atoms with Crippen LogP contribution in [0.5, 0.6) is 0 Å². The molecule has 1 aliphatic carbocycles. The fourth-order valence-corrected chi connectivity index (χ4v) is 4.35. The molecule has 5 rings (SSSR count). The van der Waals surface area contributed by atoms with Crippen molar-refractivity contribution in [3.63, 3.8) is 0 Å². The number of nitrogens with one attached hydrogen (secondary N) is 2. The van der Waals surface area contributed by atoms with E-state index in [4.69, 9.17) is 11.6 Å². The Morgan fingerprint density at radius 2 is 2.17 bits per heavy atom. The molecule has 0 saturated heterocycles. The molecule has 0 aliphatic heterocycles. The van der Waals surface area contributed by atoms with Gasteiger partial charge < -0.3 is 10.3 Å². The molecule has 0 unspecified atom stereocenters. The lowest BCUT2D eigenvalue weighted by molar-refractivity contribution is -0.113. The van der Waals surface area contributed by atoms with E-state index in [2.05, 4.69) is 25.5 Å². The highest BCUT2D eigenvalue weighted by Gasteiger charge is 2.22. The third-order valence-corrected chi connectivity index (χ3v) is 6.39. The average Bonchev–Trinajstić information content (AvgIpc) is 3.31. The second kappa shape index (κ2) is 8.12. The van der Waals surface area contributed by atoms with Crippen LogP contribution < -0.4 is 5.32 Å². The zero-order chi connectivity index (χ0) is 20.5. The van der Waals surface area contributed by atoms with Crippen molar-refractivity contribution in [1.29, 1.82) is 0 Å². The van der Waals surface area contributed by atoms with Crippen LogP contribution in [0, 0.1) is 0 Å². The van der Waals surface area contributed by atoms with Gasteiger partial charge in [-0.15, -0.1) is 10.2 Å². The smallest absolute Gasteiger partial charge is 0.234 e. The number of thioether (sulfide) groups is 1. The summed E-state index contributed by atoms with van der Waals surface area (Å²) in [6, 6.07) is 13.2. The molecule has 1 amide bonds. The van der Waals surface area contributed by atoms with Crippen molar-refractivity contribution in [2.75, 3.05) is 11.1 Å². The van der Waals surface area contributed by atoms with Gasteiger partial charge in [-0.2, -0.15) is 0 Å². The Bertz CT molecular complexity index is 1220. The molecule has 0 atom stereocenters. The molecule has 2 N–H and O–H groups in total. The van der Waals surface area contributed by atoms with Gasteiger partial charge in [-0.05, 0) is 49.2 Å². The number of benzene rings is 2. The summed E-state index contributed by atoms with van der Waals surface area (Å²) >= 11 is 7.39. The number of hydrogen-bond acceptors (Lipinski definition) is 5. The first-order valence-corrected chi connectivity index (χ1v) is 11.1. The highest BCUT2D eigenvalue weighted by molar-refractivity contribution is 7.99. The molecule has 0 bridgehead atoms. The van der Waals surface area contributed by atoms with Crippen molar-refractivity contribution >= 4 is 46.0 Å². The Morgan fingerprint density at radius 3 is 2.97 bits per heavy atom. The molecule has 1 saturated carbocycles. The SMILES string of the molecule is O=C(CSc1nncn1-c1cccc(Cl)c1)Nc1ccc2nc(C3CCC3)[nH]c2c1. The van der Waals surface area contributed by atoms with Crippen molar-refractivity contribution in [2.45, 2.75) is 30.3 Å². The molecule has 7 nitrogen and oxygen atoms in total. The summed E-state index contributed by atoms with van der Waals surface area (Å²) in [5, 5.41) is 12.3. The number of rotatable bonds is 6. The Morgan fingerprint density at radius 1 is 1.27 bits per heavy atom. The number of nitrogens with zero attached hydrogens (tertiary/aromatic N) is 4. The van der Waals surface area contributed by atoms with Gasteiger partial charge in [0, 0.05) is 16.6 Å². The standard InChI is InChI=1S/C21H19ClN6OS/c22-14-5-2-6-16(9-14)28-12-23-27-21(28)30-11-19(29)24-15-7-8-17-18(10-15)26-20(25-17)13-3-1-4-13/h2,5-10,12-13H,1,3-4,11H2,(H,24,29)(H,25,26). The highest BCUT2D eigenvalue weighted by Crippen LogP contribution is 2.35. The normalized spacial score (nSPS) is 14.0. The van der Waals surface area contributed by atoms with Crippen LogP contribution in [0.2, 0.25) is 5.02 Å². The van der Waals surface area contributed by atoms with Gasteiger partial charge in [-0.3, -0.25) is 9.36 Å². The maximum Gasteiger partial charge on any atom is 0.234 e. The van der Waals surface area contributed by atoms with Crippen LogP contribution in [0.15, 0.2) is 53.9 Å². The van der Waals surface area contributed by atoms with Crippen molar-refractivity contribution in [3.05, 3.63) is 59.6 Å². The maximum absolute atomic E-state index is 12.5. The minimum Gasteiger partial charge on any atom is -0.342 e. The first-order valence-electron chi connectivity index (χ1n) is 9.74. The third kappa shape index (κ3) is 3.93. The molecule has 152 valence electrons. The van der Waals surface area contributed by atoms with E-state index in [-0.39, 0.29) is 11.7 Å². The van der Waals surface area contributed by atoms with Gasteiger partial charge in [0.05, 0.1) is 22.5 Å². The number of H-pyrrole nitrogens is 1. The minimum atomic E-state index is -0.112. The van der Waals surface area contributed by atoms with Gasteiger partial charge in [0.2, 0.25) is 5.91 Å². The molecule has 2 aromatic heterocycles. The number of amides is 1. The molecular formula is C21H19ClN6OS. The predicted molar refractivity (Wildman–Crippen MR) is 118 cm³/mol. The Labute approximate surface area is 182 Å². The molecule has 2 aromatic carbocycles. The summed E-state index contributed by atoms with van der Waals surface area (Å²) in [6.07, 6.45) is 5.27. The van der Waals surface area contributed by atoms with Crippen LogP contribution in [0.1, 0.15) is 31.0 Å². The molecule has 2 heterocycles. The maximum atomic E-state index is 12.5. The molecule has 1 aliphatic rings. The number of aromatic amines is 1. The van der Waals surface area contributed by atoms with E-state index < -0.39 is 0 Å². The van der Waals surface area contributed by atoms with Crippen LogP contribution in [-0.4, -0.2) is 36.4 Å². The van der Waals surface area contributed by atoms with E-state index in [9.17, 15) is 4.79 Å². The highest BCUT2D eigenvalue weighted by atomic mass is 35.5. The van der Waals surface area contributed by atoms with Crippen LogP contribution in [0.4, 0.5) is 5.69 Å². The predicted octanol–water partition coefficient (Wildman–Crippen LogP) is 4.80. The van der Waals surface area contributed by atoms with Crippen molar-refractivity contribution in [2.24, 2.45) is 0 Å². The molecule has 1 fully saturated rings. The van der Waals surface area contributed by atoms with Gasteiger partial charge in [0.15, 0.2) is 5.16 Å². The third-order valence-electron chi connectivity index (χ3n) is 5.21. The summed E-state index contributed by atoms with van der Waals surface area (Å²) in [6.45, 7) is 0. The summed E-state index contributed by atoms with van der Waals surface area (Å²) in [4.78, 5) is 20.5. The van der Waals surface area contributed by atoms with E-state index in [1.54, 1.807) is 12.4 Å². The van der Waals surface area contributed by atoms with Gasteiger partial charge in [0.25, 0.3) is 0 Å². The van der Waals surface area contributed by atoms with Gasteiger partial charge in [0.1, 0.15) is 12.2 Å². The van der Waals surface area contributed by atoms with E-state index in [1.807, 2.05) is 41.0 Å². The molecule has 4 aromatic rings. The van der Waals surface area contributed by atoms with E-state index in [1.165, 1.54) is 31.0 Å². The monoisotopic (exact) mass is 438 g/mol. The summed E-state index contributed by atoms with van der Waals surface area (Å²) in [5.74, 6) is 1.70. The number of anilines is 1. The van der Waals surface area contributed by atoms with Crippen molar-refractivity contribution < 1.29 is 4.79 Å². The first kappa shape index (κ1) is 19.1. The fraction of sp³-hybridized carbons (Fsp3) is 0.238. The Hall–Kier alpha value is -2.84. The second-order valence-electron chi connectivity index (χ2n) is 7.28. The lowest BCUT2D eigenvalue weighted by atomic mass is 9.85. The Kier molecular flexibility index (Phi) is 5.18. The minimum absolute atomic E-state index is 0.112. The van der Waals surface area contributed by atoms with Crippen LogP contribution >= 0.6 is 23.4 Å². The number of imidazole rings is 1. The number of carbonyl (C=O) groups is 1. The van der Waals surface area contributed by atoms with E-state index in [0.717, 1.165) is 28.2 Å². The van der Waals surface area contributed by atoms with Crippen LogP contribution in [0.25, 0.3) is 16.7 Å². The molecule has 9 heteroatoms. The summed E-state index contributed by atoms with van der Waals surface area (Å²) in [5.41, 5.74) is 3.47. The lowest BCUT2D eigenvalue weighted by Gasteiger charge is -2.22. The van der Waals surface area contributed by atoms with Crippen molar-refractivity contribution in [1.82, 2.24) is 24.7 Å². The largest absolute Gasteiger partial charge is 0.342 e. The Balaban J connectivity index is 1.24. The number of hydrogen-bond donors (Lipinski definition) is 2. The van der Waals surface area contributed by atoms with Gasteiger partial charge in [-0.1, -0.05) is 35.9 Å². The summed E-state index contributed by atoms with van der Waals surface area (Å²) in [7, 11) is 0. The quantitative estimate of drug-likeness (QED) is 0.422. The zero-order valence-electron chi connectivity index (χ0n) is 16.0. The van der Waals surface area contributed by atoms with Crippen LogP contribution in [-0.2, 0) is 4.79 Å². The number of halogens is 1. The molecule has 0 spiro atoms. The van der Waals surface area contributed by atoms with Crippen molar-refractivity contribution in [3.8, 4) is 5.69 Å². The first-order chi connectivity index (χ1) is 14.7. The van der Waals surface area contributed by atoms with Crippen LogP contribution in [0.3, 0.4) is 0 Å².